The van der Waals surface area contributed by atoms with Crippen molar-refractivity contribution in [3.05, 3.63) is 29.8 Å². The fourth-order valence-electron chi connectivity index (χ4n) is 1.27. The highest BCUT2D eigenvalue weighted by molar-refractivity contribution is 5.65. The molecule has 0 saturated carbocycles. The molecule has 0 aliphatic heterocycles. The number of rotatable bonds is 4. The highest BCUT2D eigenvalue weighted by atomic mass is 16.6. The molecule has 5 nitrogen and oxygen atoms in total. The van der Waals surface area contributed by atoms with Crippen molar-refractivity contribution in [2.45, 2.75) is 6.10 Å². The fourth-order valence-corrected chi connectivity index (χ4v) is 1.27. The van der Waals surface area contributed by atoms with Crippen LogP contribution in [0, 0.1) is 0 Å². The van der Waals surface area contributed by atoms with Gasteiger partial charge in [-0.15, -0.1) is 0 Å². The maximum absolute atomic E-state index is 10.6. The van der Waals surface area contributed by atoms with Crippen LogP contribution in [0.15, 0.2) is 24.3 Å². The predicted octanol–water partition coefficient (Wildman–Crippen LogP) is 0.824. The van der Waals surface area contributed by atoms with E-state index in [2.05, 4.69) is 0 Å². The molecule has 15 heavy (non-hydrogen) atoms. The van der Waals surface area contributed by atoms with E-state index in [0.29, 0.717) is 11.3 Å². The maximum Gasteiger partial charge on any atom is 0.405 e. The smallest absolute Gasteiger partial charge is 0.405 e. The summed E-state index contributed by atoms with van der Waals surface area (Å²) >= 11 is 0. The zero-order chi connectivity index (χ0) is 11.3. The molecule has 0 fully saturated rings. The number of para-hydroxylation sites is 1. The van der Waals surface area contributed by atoms with Gasteiger partial charge in [0.1, 0.15) is 5.75 Å². The molecule has 0 radical (unpaired) electrons. The number of aliphatic hydroxyl groups excluding tert-OH is 1. The quantitative estimate of drug-likeness (QED) is 0.772. The second kappa shape index (κ2) is 5.21. The summed E-state index contributed by atoms with van der Waals surface area (Å²) in [5.74, 6) is 0.540. The number of carbonyl (C=O) groups is 1. The topological polar surface area (TPSA) is 81.8 Å². The van der Waals surface area contributed by atoms with Crippen LogP contribution in [-0.4, -0.2) is 24.9 Å². The highest BCUT2D eigenvalue weighted by Crippen LogP contribution is 2.26. The molecule has 0 heterocycles. The largest absolute Gasteiger partial charge is 0.496 e. The molecule has 3 N–H and O–H groups in total. The number of hydrogen-bond donors (Lipinski definition) is 2. The minimum absolute atomic E-state index is 0.344. The van der Waals surface area contributed by atoms with Gasteiger partial charge in [0.2, 0.25) is 0 Å². The maximum atomic E-state index is 10.6. The number of methoxy groups -OCH3 is 1. The number of nitrogens with two attached hydrogens (primary N) is 1. The molecule has 1 aromatic rings. The van der Waals surface area contributed by atoms with Crippen molar-refractivity contribution in [1.29, 1.82) is 0 Å². The SMILES string of the molecule is COc1ccccc1C(CO)OC(N)=O. The van der Waals surface area contributed by atoms with Gasteiger partial charge < -0.3 is 20.3 Å². The van der Waals surface area contributed by atoms with E-state index in [4.69, 9.17) is 20.3 Å². The van der Waals surface area contributed by atoms with Gasteiger partial charge in [0.25, 0.3) is 0 Å². The summed E-state index contributed by atoms with van der Waals surface area (Å²) in [5, 5.41) is 9.06. The van der Waals surface area contributed by atoms with Crippen molar-refractivity contribution in [3.8, 4) is 5.75 Å². The van der Waals surface area contributed by atoms with E-state index in [9.17, 15) is 4.79 Å². The molecule has 0 aliphatic rings. The van der Waals surface area contributed by atoms with Gasteiger partial charge in [0.05, 0.1) is 13.7 Å². The van der Waals surface area contributed by atoms with Crippen molar-refractivity contribution < 1.29 is 19.4 Å². The average molecular weight is 211 g/mol. The molecule has 0 aliphatic carbocycles. The number of ether oxygens (including phenoxy) is 2. The molecule has 1 aromatic carbocycles. The van der Waals surface area contributed by atoms with Crippen molar-refractivity contribution >= 4 is 6.09 Å². The molecule has 0 spiro atoms. The molecule has 1 amide bonds. The molecule has 0 bridgehead atoms. The molecular weight excluding hydrogens is 198 g/mol. The van der Waals surface area contributed by atoms with Gasteiger partial charge in [-0.05, 0) is 6.07 Å². The average Bonchev–Trinajstić information content (AvgIpc) is 2.25. The Morgan fingerprint density at radius 2 is 2.20 bits per heavy atom. The number of carbonyl (C=O) groups excluding carboxylic acids is 1. The van der Waals surface area contributed by atoms with E-state index in [-0.39, 0.29) is 6.61 Å². The third-order valence-corrected chi connectivity index (χ3v) is 1.91. The van der Waals surface area contributed by atoms with Crippen LogP contribution in [0.5, 0.6) is 5.75 Å². The van der Waals surface area contributed by atoms with Crippen LogP contribution in [-0.2, 0) is 4.74 Å². The minimum atomic E-state index is -0.931. The van der Waals surface area contributed by atoms with Crippen LogP contribution in [0.1, 0.15) is 11.7 Å². The van der Waals surface area contributed by atoms with Gasteiger partial charge in [-0.2, -0.15) is 0 Å². The van der Waals surface area contributed by atoms with Gasteiger partial charge in [0.15, 0.2) is 6.10 Å². The Bertz CT molecular complexity index is 340. The van der Waals surface area contributed by atoms with Crippen molar-refractivity contribution in [1.82, 2.24) is 0 Å². The van der Waals surface area contributed by atoms with Crippen LogP contribution >= 0.6 is 0 Å². The lowest BCUT2D eigenvalue weighted by molar-refractivity contribution is 0.0618. The molecular formula is C10H13NO4. The summed E-state index contributed by atoms with van der Waals surface area (Å²) in [5.41, 5.74) is 5.47. The van der Waals surface area contributed by atoms with Gasteiger partial charge in [-0.3, -0.25) is 0 Å². The Balaban J connectivity index is 2.95. The first kappa shape index (κ1) is 11.3. The summed E-state index contributed by atoms with van der Waals surface area (Å²) < 4.78 is 9.80. The third kappa shape index (κ3) is 2.85. The van der Waals surface area contributed by atoms with Gasteiger partial charge in [-0.1, -0.05) is 18.2 Å². The van der Waals surface area contributed by atoms with E-state index in [0.717, 1.165) is 0 Å². The lowest BCUT2D eigenvalue weighted by Gasteiger charge is -2.16. The molecule has 1 atom stereocenters. The minimum Gasteiger partial charge on any atom is -0.496 e. The Morgan fingerprint density at radius 1 is 1.53 bits per heavy atom. The van der Waals surface area contributed by atoms with Crippen molar-refractivity contribution in [3.63, 3.8) is 0 Å². The fraction of sp³-hybridized carbons (Fsp3) is 0.300. The second-order valence-corrected chi connectivity index (χ2v) is 2.85. The Hall–Kier alpha value is -1.75. The molecule has 0 saturated heterocycles. The van der Waals surface area contributed by atoms with Crippen LogP contribution in [0.2, 0.25) is 0 Å². The first-order chi connectivity index (χ1) is 7.19. The van der Waals surface area contributed by atoms with Crippen LogP contribution < -0.4 is 10.5 Å². The number of benzene rings is 1. The van der Waals surface area contributed by atoms with Crippen molar-refractivity contribution in [2.24, 2.45) is 5.73 Å². The number of hydrogen-bond acceptors (Lipinski definition) is 4. The monoisotopic (exact) mass is 211 g/mol. The number of aliphatic hydroxyl groups is 1. The van der Waals surface area contributed by atoms with E-state index in [1.807, 2.05) is 0 Å². The van der Waals surface area contributed by atoms with Crippen LogP contribution in [0.25, 0.3) is 0 Å². The first-order valence-electron chi connectivity index (χ1n) is 4.39. The predicted molar refractivity (Wildman–Crippen MR) is 53.5 cm³/mol. The summed E-state index contributed by atoms with van der Waals surface area (Å²) in [6.45, 7) is -0.344. The second-order valence-electron chi connectivity index (χ2n) is 2.85. The van der Waals surface area contributed by atoms with Crippen LogP contribution in [0.3, 0.4) is 0 Å². The Kier molecular flexibility index (Phi) is 3.93. The molecule has 1 unspecified atom stereocenters. The lowest BCUT2D eigenvalue weighted by Crippen LogP contribution is -2.20. The zero-order valence-corrected chi connectivity index (χ0v) is 8.34. The summed E-state index contributed by atoms with van der Waals surface area (Å²) in [4.78, 5) is 10.6. The molecule has 82 valence electrons. The summed E-state index contributed by atoms with van der Waals surface area (Å²) in [7, 11) is 1.50. The van der Waals surface area contributed by atoms with E-state index in [1.165, 1.54) is 7.11 Å². The Labute approximate surface area is 87.4 Å². The lowest BCUT2D eigenvalue weighted by atomic mass is 10.1. The molecule has 0 aromatic heterocycles. The van der Waals surface area contributed by atoms with E-state index >= 15 is 0 Å². The summed E-state index contributed by atoms with van der Waals surface area (Å²) in [6.07, 6.45) is -1.72. The normalized spacial score (nSPS) is 11.9. The van der Waals surface area contributed by atoms with Crippen LogP contribution in [0.4, 0.5) is 4.79 Å². The van der Waals surface area contributed by atoms with Gasteiger partial charge >= 0.3 is 6.09 Å². The first-order valence-corrected chi connectivity index (χ1v) is 4.39. The third-order valence-electron chi connectivity index (χ3n) is 1.91. The number of primary amides is 1. The highest BCUT2D eigenvalue weighted by Gasteiger charge is 2.17. The molecule has 5 heteroatoms. The molecule has 1 rings (SSSR count). The van der Waals surface area contributed by atoms with Gasteiger partial charge in [-0.25, -0.2) is 4.79 Å². The number of amides is 1. The zero-order valence-electron chi connectivity index (χ0n) is 8.34. The van der Waals surface area contributed by atoms with Gasteiger partial charge in [0, 0.05) is 5.56 Å². The standard InChI is InChI=1S/C10H13NO4/c1-14-8-5-3-2-4-7(8)9(6-12)15-10(11)13/h2-5,9,12H,6H2,1H3,(H2,11,13). The summed E-state index contributed by atoms with van der Waals surface area (Å²) in [6, 6.07) is 6.94. The van der Waals surface area contributed by atoms with E-state index < -0.39 is 12.2 Å². The van der Waals surface area contributed by atoms with E-state index in [1.54, 1.807) is 24.3 Å². The Morgan fingerprint density at radius 3 is 2.73 bits per heavy atom. The van der Waals surface area contributed by atoms with Crippen molar-refractivity contribution in [2.75, 3.05) is 13.7 Å².